The molecule has 0 bridgehead atoms. The lowest BCUT2D eigenvalue weighted by atomic mass is 10.2. The van der Waals surface area contributed by atoms with Crippen molar-refractivity contribution in [3.8, 4) is 6.07 Å². The molecule has 2 rings (SSSR count). The fourth-order valence-corrected chi connectivity index (χ4v) is 2.12. The molecular weight excluding hydrogens is 252 g/mol. The number of aromatic nitrogens is 1. The van der Waals surface area contributed by atoms with Crippen molar-refractivity contribution in [3.05, 3.63) is 23.9 Å². The number of rotatable bonds is 7. The Morgan fingerprint density at radius 2 is 2.40 bits per heavy atom. The summed E-state index contributed by atoms with van der Waals surface area (Å²) in [5.74, 6) is 0.622. The molecule has 0 saturated heterocycles. The number of amides is 1. The van der Waals surface area contributed by atoms with E-state index in [4.69, 9.17) is 5.26 Å². The standard InChI is InChI=1S/C15H20N4O/c1-2-9-17-14-13(5-3-10-18-14)15(20)19(11-4-8-16)12-6-7-12/h3,5,10,12H,2,4,6-7,9,11H2,1H3,(H,17,18). The van der Waals surface area contributed by atoms with Crippen LogP contribution in [0.3, 0.4) is 0 Å². The van der Waals surface area contributed by atoms with E-state index < -0.39 is 0 Å². The zero-order valence-corrected chi connectivity index (χ0v) is 11.8. The number of pyridine rings is 1. The number of nitrogens with one attached hydrogen (secondary N) is 1. The Bertz CT molecular complexity index is 505. The first-order valence-electron chi connectivity index (χ1n) is 7.14. The molecule has 0 aromatic carbocycles. The Balaban J connectivity index is 2.15. The number of carbonyl (C=O) groups excluding carboxylic acids is 1. The second kappa shape index (κ2) is 6.90. The zero-order valence-electron chi connectivity index (χ0n) is 11.8. The molecule has 1 aliphatic rings. The SMILES string of the molecule is CCCNc1ncccc1C(=O)N(CCC#N)C1CC1. The van der Waals surface area contributed by atoms with Gasteiger partial charge in [-0.25, -0.2) is 4.98 Å². The van der Waals surface area contributed by atoms with E-state index >= 15 is 0 Å². The van der Waals surface area contributed by atoms with Gasteiger partial charge in [-0.15, -0.1) is 0 Å². The average Bonchev–Trinajstić information content (AvgIpc) is 3.30. The van der Waals surface area contributed by atoms with Gasteiger partial charge >= 0.3 is 0 Å². The maximum Gasteiger partial charge on any atom is 0.257 e. The van der Waals surface area contributed by atoms with Crippen molar-refractivity contribution in [1.29, 1.82) is 5.26 Å². The quantitative estimate of drug-likeness (QED) is 0.827. The number of hydrogen-bond acceptors (Lipinski definition) is 4. The zero-order chi connectivity index (χ0) is 14.4. The first kappa shape index (κ1) is 14.3. The van der Waals surface area contributed by atoms with Gasteiger partial charge in [-0.1, -0.05) is 6.92 Å². The predicted octanol–water partition coefficient (Wildman–Crippen LogP) is 2.42. The fourth-order valence-electron chi connectivity index (χ4n) is 2.12. The normalized spacial score (nSPS) is 13.6. The lowest BCUT2D eigenvalue weighted by molar-refractivity contribution is 0.0747. The van der Waals surface area contributed by atoms with Gasteiger partial charge < -0.3 is 10.2 Å². The van der Waals surface area contributed by atoms with Crippen LogP contribution in [0.15, 0.2) is 18.3 Å². The summed E-state index contributed by atoms with van der Waals surface area (Å²) in [6.07, 6.45) is 5.11. The molecule has 5 nitrogen and oxygen atoms in total. The van der Waals surface area contributed by atoms with Gasteiger partial charge in [0.15, 0.2) is 0 Å². The van der Waals surface area contributed by atoms with E-state index in [1.54, 1.807) is 18.3 Å². The highest BCUT2D eigenvalue weighted by Gasteiger charge is 2.33. The fraction of sp³-hybridized carbons (Fsp3) is 0.533. The summed E-state index contributed by atoms with van der Waals surface area (Å²) in [5, 5.41) is 11.9. The number of anilines is 1. The van der Waals surface area contributed by atoms with Crippen LogP contribution in [0, 0.1) is 11.3 Å². The first-order chi connectivity index (χ1) is 9.77. The summed E-state index contributed by atoms with van der Waals surface area (Å²) in [5.41, 5.74) is 0.603. The smallest absolute Gasteiger partial charge is 0.257 e. The molecule has 0 atom stereocenters. The van der Waals surface area contributed by atoms with Crippen LogP contribution >= 0.6 is 0 Å². The molecule has 106 valence electrons. The van der Waals surface area contributed by atoms with Crippen molar-refractivity contribution in [2.45, 2.75) is 38.6 Å². The van der Waals surface area contributed by atoms with Gasteiger partial charge in [0.2, 0.25) is 0 Å². The monoisotopic (exact) mass is 272 g/mol. The molecule has 0 aliphatic heterocycles. The molecule has 20 heavy (non-hydrogen) atoms. The topological polar surface area (TPSA) is 69.0 Å². The van der Waals surface area contributed by atoms with Gasteiger partial charge in [0.25, 0.3) is 5.91 Å². The van der Waals surface area contributed by atoms with E-state index in [0.29, 0.717) is 30.4 Å². The summed E-state index contributed by atoms with van der Waals surface area (Å²) in [4.78, 5) is 18.7. The highest BCUT2D eigenvalue weighted by atomic mass is 16.2. The third kappa shape index (κ3) is 3.47. The Morgan fingerprint density at radius 1 is 1.60 bits per heavy atom. The Morgan fingerprint density at radius 3 is 3.05 bits per heavy atom. The molecule has 0 spiro atoms. The minimum Gasteiger partial charge on any atom is -0.369 e. The number of carbonyl (C=O) groups is 1. The molecular formula is C15H20N4O. The summed E-state index contributed by atoms with van der Waals surface area (Å²) in [6.45, 7) is 3.36. The largest absolute Gasteiger partial charge is 0.369 e. The van der Waals surface area contributed by atoms with E-state index in [-0.39, 0.29) is 5.91 Å². The van der Waals surface area contributed by atoms with E-state index in [2.05, 4.69) is 23.3 Å². The molecule has 0 radical (unpaired) electrons. The van der Waals surface area contributed by atoms with Gasteiger partial charge in [-0.3, -0.25) is 4.79 Å². The van der Waals surface area contributed by atoms with Gasteiger partial charge in [-0.05, 0) is 31.4 Å². The molecule has 1 saturated carbocycles. The molecule has 1 aromatic heterocycles. The van der Waals surface area contributed by atoms with Gasteiger partial charge in [0, 0.05) is 25.3 Å². The van der Waals surface area contributed by atoms with Crippen LogP contribution in [-0.2, 0) is 0 Å². The molecule has 1 heterocycles. The summed E-state index contributed by atoms with van der Waals surface area (Å²) in [6, 6.07) is 5.99. The molecule has 5 heteroatoms. The van der Waals surface area contributed by atoms with Crippen LogP contribution in [0.2, 0.25) is 0 Å². The van der Waals surface area contributed by atoms with Crippen LogP contribution in [0.5, 0.6) is 0 Å². The molecule has 1 aromatic rings. The van der Waals surface area contributed by atoms with Gasteiger partial charge in [0.1, 0.15) is 5.82 Å². The van der Waals surface area contributed by atoms with E-state index in [1.165, 1.54) is 0 Å². The molecule has 1 fully saturated rings. The second-order valence-electron chi connectivity index (χ2n) is 4.96. The first-order valence-corrected chi connectivity index (χ1v) is 7.14. The molecule has 1 amide bonds. The summed E-state index contributed by atoms with van der Waals surface area (Å²) in [7, 11) is 0. The number of hydrogen-bond donors (Lipinski definition) is 1. The molecule has 0 unspecified atom stereocenters. The number of nitriles is 1. The van der Waals surface area contributed by atoms with E-state index in [9.17, 15) is 4.79 Å². The van der Waals surface area contributed by atoms with E-state index in [1.807, 2.05) is 4.90 Å². The Labute approximate surface area is 119 Å². The highest BCUT2D eigenvalue weighted by molar-refractivity contribution is 5.99. The van der Waals surface area contributed by atoms with Crippen LogP contribution < -0.4 is 5.32 Å². The Kier molecular flexibility index (Phi) is 4.94. The number of nitrogens with zero attached hydrogens (tertiary/aromatic N) is 3. The van der Waals surface area contributed by atoms with Crippen molar-refractivity contribution < 1.29 is 4.79 Å². The minimum absolute atomic E-state index is 0.0190. The van der Waals surface area contributed by atoms with Crippen LogP contribution in [0.25, 0.3) is 0 Å². The molecule has 1 aliphatic carbocycles. The lowest BCUT2D eigenvalue weighted by Gasteiger charge is -2.22. The van der Waals surface area contributed by atoms with Crippen molar-refractivity contribution in [2.75, 3.05) is 18.4 Å². The highest BCUT2D eigenvalue weighted by Crippen LogP contribution is 2.29. The summed E-state index contributed by atoms with van der Waals surface area (Å²) < 4.78 is 0. The van der Waals surface area contributed by atoms with Crippen LogP contribution in [0.4, 0.5) is 5.82 Å². The predicted molar refractivity (Wildman–Crippen MR) is 77.3 cm³/mol. The van der Waals surface area contributed by atoms with Gasteiger partial charge in [-0.2, -0.15) is 5.26 Å². The van der Waals surface area contributed by atoms with E-state index in [0.717, 1.165) is 25.8 Å². The average molecular weight is 272 g/mol. The lowest BCUT2D eigenvalue weighted by Crippen LogP contribution is -2.34. The third-order valence-corrected chi connectivity index (χ3v) is 3.29. The summed E-state index contributed by atoms with van der Waals surface area (Å²) >= 11 is 0. The maximum absolute atomic E-state index is 12.7. The van der Waals surface area contributed by atoms with Crippen molar-refractivity contribution >= 4 is 11.7 Å². The molecule has 1 N–H and O–H groups in total. The van der Waals surface area contributed by atoms with Crippen molar-refractivity contribution in [1.82, 2.24) is 9.88 Å². The van der Waals surface area contributed by atoms with Crippen LogP contribution in [-0.4, -0.2) is 34.9 Å². The van der Waals surface area contributed by atoms with Gasteiger partial charge in [0.05, 0.1) is 18.1 Å². The maximum atomic E-state index is 12.7. The van der Waals surface area contributed by atoms with Crippen LogP contribution in [0.1, 0.15) is 43.0 Å². The second-order valence-corrected chi connectivity index (χ2v) is 4.96. The minimum atomic E-state index is -0.0190. The van der Waals surface area contributed by atoms with Crippen molar-refractivity contribution in [3.63, 3.8) is 0 Å². The third-order valence-electron chi connectivity index (χ3n) is 3.29. The Hall–Kier alpha value is -2.09. The van der Waals surface area contributed by atoms with Crippen molar-refractivity contribution in [2.24, 2.45) is 0 Å².